The van der Waals surface area contributed by atoms with Crippen LogP contribution in [0, 0.1) is 0 Å². The fourth-order valence-corrected chi connectivity index (χ4v) is 3.95. The molecule has 0 atom stereocenters. The Labute approximate surface area is 223 Å². The van der Waals surface area contributed by atoms with Crippen LogP contribution in [0.1, 0.15) is 10.5 Å². The minimum Gasteiger partial charge on any atom is -0.418 e. The summed E-state index contributed by atoms with van der Waals surface area (Å²) in [5, 5.41) is 0. The zero-order valence-corrected chi connectivity index (χ0v) is 20.6. The number of pyridine rings is 1. The molecule has 0 spiro atoms. The molecule has 9 heteroatoms. The molecule has 0 bridgehead atoms. The molecular formula is C30H24BF4N3O. The van der Waals surface area contributed by atoms with Crippen LogP contribution in [-0.4, -0.2) is 13.2 Å². The lowest BCUT2D eigenvalue weighted by Crippen LogP contribution is -2.45. The first-order valence-electron chi connectivity index (χ1n) is 12.0. The fourth-order valence-electron chi connectivity index (χ4n) is 3.95. The SMILES string of the molecule is F[B-](F)(F)F.O=C(NNc1ccccc1)c1cc(-c2ccccc2)cc(-c2ccccc2)[n+]1-c1ccccc1. The van der Waals surface area contributed by atoms with Gasteiger partial charge in [-0.3, -0.25) is 15.6 Å². The first kappa shape index (κ1) is 27.1. The quantitative estimate of drug-likeness (QED) is 0.105. The predicted molar refractivity (Wildman–Crippen MR) is 147 cm³/mol. The van der Waals surface area contributed by atoms with Gasteiger partial charge >= 0.3 is 13.2 Å². The van der Waals surface area contributed by atoms with Crippen LogP contribution in [0.15, 0.2) is 133 Å². The van der Waals surface area contributed by atoms with Gasteiger partial charge in [0, 0.05) is 29.8 Å². The van der Waals surface area contributed by atoms with Crippen LogP contribution in [0.3, 0.4) is 0 Å². The summed E-state index contributed by atoms with van der Waals surface area (Å²) in [7, 11) is -6.00. The molecule has 196 valence electrons. The van der Waals surface area contributed by atoms with E-state index in [2.05, 4.69) is 41.2 Å². The lowest BCUT2D eigenvalue weighted by atomic mass is 10.0. The highest BCUT2D eigenvalue weighted by atomic mass is 19.5. The lowest BCUT2D eigenvalue weighted by molar-refractivity contribution is -0.586. The summed E-state index contributed by atoms with van der Waals surface area (Å²) in [4.78, 5) is 13.6. The standard InChI is InChI=1S/C30H23N3O.BF4/c34-30(32-31-26-17-9-3-10-18-26)29-22-25(23-13-5-1-6-14-23)21-28(24-15-7-2-8-16-24)33(29)27-19-11-4-12-20-27;2-1(3,4)5/h1-22,34H;/q;-1/p+1. The van der Waals surface area contributed by atoms with E-state index in [0.717, 1.165) is 33.8 Å². The van der Waals surface area contributed by atoms with Crippen molar-refractivity contribution in [3.05, 3.63) is 139 Å². The summed E-state index contributed by atoms with van der Waals surface area (Å²) < 4.78 is 41.0. The first-order chi connectivity index (χ1) is 18.8. The average Bonchev–Trinajstić information content (AvgIpc) is 2.96. The second-order valence-corrected chi connectivity index (χ2v) is 8.36. The maximum atomic E-state index is 13.6. The van der Waals surface area contributed by atoms with Crippen molar-refractivity contribution in [2.45, 2.75) is 0 Å². The van der Waals surface area contributed by atoms with Crippen molar-refractivity contribution in [1.29, 1.82) is 0 Å². The van der Waals surface area contributed by atoms with E-state index < -0.39 is 7.25 Å². The lowest BCUT2D eigenvalue weighted by Gasteiger charge is -2.13. The van der Waals surface area contributed by atoms with Crippen molar-refractivity contribution in [3.8, 4) is 28.1 Å². The molecule has 2 N–H and O–H groups in total. The van der Waals surface area contributed by atoms with Crippen molar-refractivity contribution in [1.82, 2.24) is 5.43 Å². The Morgan fingerprint density at radius 3 is 1.59 bits per heavy atom. The molecule has 5 aromatic rings. The van der Waals surface area contributed by atoms with Crippen molar-refractivity contribution in [2.75, 3.05) is 5.43 Å². The maximum Gasteiger partial charge on any atom is 0.673 e. The Morgan fingerprint density at radius 1 is 0.590 bits per heavy atom. The molecule has 5 rings (SSSR count). The summed E-state index contributed by atoms with van der Waals surface area (Å²) >= 11 is 0. The number of hydrogen-bond acceptors (Lipinski definition) is 2. The zero-order chi connectivity index (χ0) is 27.7. The van der Waals surface area contributed by atoms with Crippen LogP contribution in [0.25, 0.3) is 28.1 Å². The average molecular weight is 529 g/mol. The molecule has 4 aromatic carbocycles. The third-order valence-corrected chi connectivity index (χ3v) is 5.58. The summed E-state index contributed by atoms with van der Waals surface area (Å²) in [6.45, 7) is 0. The van der Waals surface area contributed by atoms with Crippen LogP contribution in [0.2, 0.25) is 0 Å². The van der Waals surface area contributed by atoms with Crippen LogP contribution >= 0.6 is 0 Å². The molecule has 4 nitrogen and oxygen atoms in total. The van der Waals surface area contributed by atoms with E-state index in [0.29, 0.717) is 5.69 Å². The van der Waals surface area contributed by atoms with Crippen molar-refractivity contribution in [3.63, 3.8) is 0 Å². The number of halogens is 4. The first-order valence-corrected chi connectivity index (χ1v) is 12.0. The number of aromatic nitrogens is 1. The second-order valence-electron chi connectivity index (χ2n) is 8.36. The molecule has 0 aliphatic rings. The maximum absolute atomic E-state index is 13.6. The van der Waals surface area contributed by atoms with E-state index >= 15 is 0 Å². The summed E-state index contributed by atoms with van der Waals surface area (Å²) in [5.41, 5.74) is 12.1. The van der Waals surface area contributed by atoms with Crippen molar-refractivity contribution >= 4 is 18.8 Å². The van der Waals surface area contributed by atoms with Crippen LogP contribution in [0.5, 0.6) is 0 Å². The van der Waals surface area contributed by atoms with E-state index in [9.17, 15) is 22.1 Å². The molecule has 0 fully saturated rings. The molecule has 0 aliphatic heterocycles. The molecule has 0 saturated carbocycles. The molecule has 0 radical (unpaired) electrons. The third-order valence-electron chi connectivity index (χ3n) is 5.58. The number of nitrogens with zero attached hydrogens (tertiary/aromatic N) is 1. The van der Waals surface area contributed by atoms with Gasteiger partial charge in [-0.05, 0) is 35.4 Å². The number of benzene rings is 4. The van der Waals surface area contributed by atoms with Gasteiger partial charge in [-0.1, -0.05) is 84.9 Å². The Morgan fingerprint density at radius 2 is 1.05 bits per heavy atom. The van der Waals surface area contributed by atoms with Gasteiger partial charge in [0.05, 0.1) is 5.69 Å². The fraction of sp³-hybridized carbons (Fsp3) is 0. The van der Waals surface area contributed by atoms with Gasteiger partial charge in [0.2, 0.25) is 11.4 Å². The Hall–Kier alpha value is -4.92. The molecular weight excluding hydrogens is 505 g/mol. The zero-order valence-electron chi connectivity index (χ0n) is 20.6. The second kappa shape index (κ2) is 12.6. The molecule has 1 aromatic heterocycles. The van der Waals surface area contributed by atoms with Gasteiger partial charge in [-0.25, -0.2) is 0 Å². The normalized spacial score (nSPS) is 10.7. The minimum atomic E-state index is -6.00. The highest BCUT2D eigenvalue weighted by Crippen LogP contribution is 2.26. The number of hydrogen-bond donors (Lipinski definition) is 2. The number of carbonyl (C=O) groups is 1. The number of para-hydroxylation sites is 2. The number of nitrogens with one attached hydrogen (secondary N) is 2. The van der Waals surface area contributed by atoms with Gasteiger partial charge < -0.3 is 17.3 Å². The molecule has 1 amide bonds. The van der Waals surface area contributed by atoms with Crippen LogP contribution < -0.4 is 15.4 Å². The number of anilines is 1. The van der Waals surface area contributed by atoms with Crippen molar-refractivity contribution < 1.29 is 26.6 Å². The van der Waals surface area contributed by atoms with Crippen molar-refractivity contribution in [2.24, 2.45) is 0 Å². The Balaban J connectivity index is 0.000000648. The van der Waals surface area contributed by atoms with E-state index in [1.165, 1.54) is 0 Å². The van der Waals surface area contributed by atoms with E-state index in [1.54, 1.807) is 0 Å². The molecule has 0 saturated heterocycles. The van der Waals surface area contributed by atoms with Gasteiger partial charge in [-0.15, -0.1) is 4.57 Å². The van der Waals surface area contributed by atoms with Gasteiger partial charge in [0.1, 0.15) is 0 Å². The number of carbonyl (C=O) groups excluding carboxylic acids is 1. The third kappa shape index (κ3) is 7.78. The summed E-state index contributed by atoms with van der Waals surface area (Å²) in [6.07, 6.45) is 0. The Bertz CT molecular complexity index is 1500. The van der Waals surface area contributed by atoms with E-state index in [4.69, 9.17) is 0 Å². The topological polar surface area (TPSA) is 45.0 Å². The van der Waals surface area contributed by atoms with E-state index in [-0.39, 0.29) is 5.91 Å². The highest BCUT2D eigenvalue weighted by molar-refractivity contribution is 6.50. The number of amides is 1. The monoisotopic (exact) mass is 529 g/mol. The van der Waals surface area contributed by atoms with Gasteiger partial charge in [0.25, 0.3) is 5.69 Å². The molecule has 1 heterocycles. The van der Waals surface area contributed by atoms with Crippen LogP contribution in [0.4, 0.5) is 23.0 Å². The predicted octanol–water partition coefficient (Wildman–Crippen LogP) is 7.35. The smallest absolute Gasteiger partial charge is 0.418 e. The molecule has 0 aliphatic carbocycles. The van der Waals surface area contributed by atoms with Gasteiger partial charge in [-0.2, -0.15) is 0 Å². The highest BCUT2D eigenvalue weighted by Gasteiger charge is 2.28. The molecule has 39 heavy (non-hydrogen) atoms. The number of rotatable bonds is 6. The van der Waals surface area contributed by atoms with Gasteiger partial charge in [0.15, 0.2) is 0 Å². The van der Waals surface area contributed by atoms with E-state index in [1.807, 2.05) is 108 Å². The summed E-state index contributed by atoms with van der Waals surface area (Å²) in [6, 6.07) is 43.9. The van der Waals surface area contributed by atoms with Crippen LogP contribution in [-0.2, 0) is 0 Å². The largest absolute Gasteiger partial charge is 0.673 e. The summed E-state index contributed by atoms with van der Waals surface area (Å²) in [5.74, 6) is -0.234. The number of hydrazine groups is 1. The Kier molecular flexibility index (Phi) is 8.73. The minimum absolute atomic E-state index is 0.234. The molecule has 0 unspecified atom stereocenters.